The Balaban J connectivity index is 1.58. The first-order valence-electron chi connectivity index (χ1n) is 9.74. The summed E-state index contributed by atoms with van der Waals surface area (Å²) in [5, 5.41) is 10.6. The van der Waals surface area contributed by atoms with Gasteiger partial charge in [0.1, 0.15) is 11.1 Å². The van der Waals surface area contributed by atoms with E-state index >= 15 is 0 Å². The third-order valence-corrected chi connectivity index (χ3v) is 7.49. The summed E-state index contributed by atoms with van der Waals surface area (Å²) in [6.07, 6.45) is 11.8. The van der Waals surface area contributed by atoms with Gasteiger partial charge in [0.15, 0.2) is 0 Å². The Bertz CT molecular complexity index is 739. The molecule has 1 aromatic heterocycles. The van der Waals surface area contributed by atoms with Crippen LogP contribution in [0, 0.1) is 22.2 Å². The Morgan fingerprint density at radius 1 is 1.20 bits per heavy atom. The minimum Gasteiger partial charge on any atom is -0.359 e. The van der Waals surface area contributed by atoms with Gasteiger partial charge in [-0.3, -0.25) is 0 Å². The van der Waals surface area contributed by atoms with Crippen LogP contribution in [0.5, 0.6) is 0 Å². The number of likely N-dealkylation sites (tertiary alicyclic amines) is 1. The summed E-state index contributed by atoms with van der Waals surface area (Å²) in [6.45, 7) is 8.35. The number of rotatable bonds is 2. The van der Waals surface area contributed by atoms with Crippen LogP contribution < -0.4 is 0 Å². The van der Waals surface area contributed by atoms with Gasteiger partial charge in [-0.15, -0.1) is 11.3 Å². The molecule has 1 aromatic rings. The van der Waals surface area contributed by atoms with Crippen molar-refractivity contribution in [2.24, 2.45) is 15.8 Å². The summed E-state index contributed by atoms with van der Waals surface area (Å²) >= 11 is 1.76. The highest BCUT2D eigenvalue weighted by Crippen LogP contribution is 2.52. The zero-order valence-electron chi connectivity index (χ0n) is 15.8. The Labute approximate surface area is 155 Å². The topological polar surface area (TPSA) is 39.4 Å². The van der Waals surface area contributed by atoms with Gasteiger partial charge in [-0.1, -0.05) is 27.2 Å². The Kier molecular flexibility index (Phi) is 4.19. The van der Waals surface area contributed by atoms with Crippen LogP contribution in [0.15, 0.2) is 4.99 Å². The normalized spacial score (nSPS) is 31.0. The van der Waals surface area contributed by atoms with Crippen molar-refractivity contribution < 1.29 is 0 Å². The molecule has 134 valence electrons. The number of aliphatic imine (C=N–C) groups is 1. The molecule has 1 saturated heterocycles. The van der Waals surface area contributed by atoms with Crippen molar-refractivity contribution in [3.05, 3.63) is 16.0 Å². The summed E-state index contributed by atoms with van der Waals surface area (Å²) in [5.74, 6) is 0. The van der Waals surface area contributed by atoms with Crippen LogP contribution in [0.2, 0.25) is 0 Å². The smallest absolute Gasteiger partial charge is 0.136 e. The molecule has 0 radical (unpaired) electrons. The van der Waals surface area contributed by atoms with E-state index in [1.54, 1.807) is 11.3 Å². The van der Waals surface area contributed by atoms with E-state index in [9.17, 15) is 5.26 Å². The van der Waals surface area contributed by atoms with Gasteiger partial charge in [0.2, 0.25) is 0 Å². The summed E-state index contributed by atoms with van der Waals surface area (Å²) in [6, 6.07) is 3.06. The lowest BCUT2D eigenvalue weighted by molar-refractivity contribution is 0.133. The Morgan fingerprint density at radius 3 is 2.80 bits per heavy atom. The van der Waals surface area contributed by atoms with Gasteiger partial charge >= 0.3 is 0 Å². The van der Waals surface area contributed by atoms with Crippen LogP contribution in [-0.4, -0.2) is 23.8 Å². The maximum absolute atomic E-state index is 9.68. The van der Waals surface area contributed by atoms with E-state index in [2.05, 4.69) is 38.1 Å². The molecule has 4 heteroatoms. The SMILES string of the molecule is CC1(C)CC2CC(C)(CN2C=Nc2sc3c(c2C#N)CCCCC3)C1. The zero-order chi connectivity index (χ0) is 17.7. The number of thiophene rings is 1. The molecule has 2 atom stereocenters. The fourth-order valence-corrected chi connectivity index (χ4v) is 6.88. The molecular weight excluding hydrogens is 326 g/mol. The van der Waals surface area contributed by atoms with E-state index in [1.165, 1.54) is 49.0 Å². The average molecular weight is 356 g/mol. The fourth-order valence-electron chi connectivity index (χ4n) is 5.70. The maximum atomic E-state index is 9.68. The summed E-state index contributed by atoms with van der Waals surface area (Å²) in [4.78, 5) is 8.70. The summed E-state index contributed by atoms with van der Waals surface area (Å²) in [5.41, 5.74) is 3.00. The Hall–Kier alpha value is -1.34. The van der Waals surface area contributed by atoms with Crippen molar-refractivity contribution in [2.45, 2.75) is 78.2 Å². The molecule has 25 heavy (non-hydrogen) atoms. The van der Waals surface area contributed by atoms with E-state index < -0.39 is 0 Å². The first-order valence-corrected chi connectivity index (χ1v) is 10.6. The second-order valence-electron chi connectivity index (χ2n) is 9.49. The maximum Gasteiger partial charge on any atom is 0.136 e. The first kappa shape index (κ1) is 17.1. The lowest BCUT2D eigenvalue weighted by Gasteiger charge is -2.39. The highest BCUT2D eigenvalue weighted by Gasteiger charge is 2.48. The van der Waals surface area contributed by atoms with Gasteiger partial charge in [-0.25, -0.2) is 4.99 Å². The molecule has 2 bridgehead atoms. The summed E-state index contributed by atoms with van der Waals surface area (Å²) < 4.78 is 0. The lowest BCUT2D eigenvalue weighted by Crippen LogP contribution is -2.34. The minimum absolute atomic E-state index is 0.420. The first-order chi connectivity index (χ1) is 11.9. The van der Waals surface area contributed by atoms with Crippen LogP contribution in [0.1, 0.15) is 75.3 Å². The van der Waals surface area contributed by atoms with Gasteiger partial charge in [-0.2, -0.15) is 5.26 Å². The molecule has 4 rings (SSSR count). The van der Waals surface area contributed by atoms with Crippen LogP contribution >= 0.6 is 11.3 Å². The largest absolute Gasteiger partial charge is 0.359 e. The van der Waals surface area contributed by atoms with Crippen molar-refractivity contribution in [3.63, 3.8) is 0 Å². The molecule has 3 nitrogen and oxygen atoms in total. The zero-order valence-corrected chi connectivity index (χ0v) is 16.6. The van der Waals surface area contributed by atoms with E-state index in [4.69, 9.17) is 4.99 Å². The second kappa shape index (κ2) is 6.13. The molecule has 0 N–H and O–H groups in total. The fraction of sp³-hybridized carbons (Fsp3) is 0.714. The van der Waals surface area contributed by atoms with E-state index in [1.807, 2.05) is 0 Å². The third kappa shape index (κ3) is 3.24. The molecule has 0 spiro atoms. The third-order valence-electron chi connectivity index (χ3n) is 6.29. The number of hydrogen-bond acceptors (Lipinski definition) is 3. The van der Waals surface area contributed by atoms with Gasteiger partial charge in [0, 0.05) is 17.5 Å². The van der Waals surface area contributed by atoms with Crippen molar-refractivity contribution >= 4 is 22.7 Å². The molecule has 1 aliphatic heterocycles. The average Bonchev–Trinajstić information content (AvgIpc) is 2.86. The van der Waals surface area contributed by atoms with E-state index in [0.29, 0.717) is 16.9 Å². The molecule has 1 saturated carbocycles. The molecule has 0 amide bonds. The van der Waals surface area contributed by atoms with Crippen molar-refractivity contribution in [1.29, 1.82) is 5.26 Å². The molecule has 3 aliphatic rings. The Morgan fingerprint density at radius 2 is 2.00 bits per heavy atom. The summed E-state index contributed by atoms with van der Waals surface area (Å²) in [7, 11) is 0. The van der Waals surface area contributed by atoms with Crippen LogP contribution in [0.25, 0.3) is 0 Å². The monoisotopic (exact) mass is 355 g/mol. The van der Waals surface area contributed by atoms with E-state index in [-0.39, 0.29) is 0 Å². The highest BCUT2D eigenvalue weighted by molar-refractivity contribution is 7.16. The number of hydrogen-bond donors (Lipinski definition) is 0. The minimum atomic E-state index is 0.420. The molecule has 2 heterocycles. The number of aryl methyl sites for hydroxylation is 1. The molecule has 0 aromatic carbocycles. The van der Waals surface area contributed by atoms with Gasteiger partial charge in [-0.05, 0) is 61.3 Å². The predicted octanol–water partition coefficient (Wildman–Crippen LogP) is 5.45. The van der Waals surface area contributed by atoms with Crippen molar-refractivity contribution in [1.82, 2.24) is 4.90 Å². The van der Waals surface area contributed by atoms with Gasteiger partial charge < -0.3 is 4.90 Å². The van der Waals surface area contributed by atoms with E-state index in [0.717, 1.165) is 30.0 Å². The molecule has 2 fully saturated rings. The molecular formula is C21H29N3S. The highest BCUT2D eigenvalue weighted by atomic mass is 32.1. The number of fused-ring (bicyclic) bond motifs is 3. The van der Waals surface area contributed by atoms with Crippen LogP contribution in [-0.2, 0) is 12.8 Å². The predicted molar refractivity (Wildman–Crippen MR) is 105 cm³/mol. The van der Waals surface area contributed by atoms with Crippen LogP contribution in [0.3, 0.4) is 0 Å². The standard InChI is InChI=1S/C21H29N3S/c1-20(2)9-15-10-21(3,12-20)13-24(15)14-23-19-17(11-22)16-7-5-4-6-8-18(16)25-19/h14-15H,4-10,12-13H2,1-3H3. The molecule has 2 aliphatic carbocycles. The van der Waals surface area contributed by atoms with Gasteiger partial charge in [0.05, 0.1) is 11.9 Å². The quantitative estimate of drug-likeness (QED) is 0.402. The molecule has 2 unspecified atom stereocenters. The van der Waals surface area contributed by atoms with Gasteiger partial charge in [0.25, 0.3) is 0 Å². The number of nitrogens with zero attached hydrogens (tertiary/aromatic N) is 3. The number of nitriles is 1. The van der Waals surface area contributed by atoms with Crippen molar-refractivity contribution in [2.75, 3.05) is 6.54 Å². The lowest BCUT2D eigenvalue weighted by atomic mass is 9.65. The van der Waals surface area contributed by atoms with Crippen molar-refractivity contribution in [3.8, 4) is 6.07 Å². The second-order valence-corrected chi connectivity index (χ2v) is 10.6. The van der Waals surface area contributed by atoms with Crippen LogP contribution in [0.4, 0.5) is 5.00 Å².